The molecule has 0 aliphatic rings. The Morgan fingerprint density at radius 1 is 1.35 bits per heavy atom. The van der Waals surface area contributed by atoms with Gasteiger partial charge in [0.05, 0.1) is 0 Å². The van der Waals surface area contributed by atoms with Gasteiger partial charge in [0.2, 0.25) is 0 Å². The average molecular weight is 291 g/mol. The van der Waals surface area contributed by atoms with E-state index >= 15 is 0 Å². The Hall–Kier alpha value is -1.96. The van der Waals surface area contributed by atoms with Crippen LogP contribution in [0.1, 0.15) is 13.3 Å². The summed E-state index contributed by atoms with van der Waals surface area (Å²) in [5.74, 6) is -0.347. The summed E-state index contributed by atoms with van der Waals surface area (Å²) >= 11 is 0. The maximum absolute atomic E-state index is 12.0. The first-order valence-corrected chi connectivity index (χ1v) is 5.93. The zero-order chi connectivity index (χ0) is 15.2. The number of ether oxygens (including phenoxy) is 1. The highest BCUT2D eigenvalue weighted by Gasteiger charge is 2.30. The molecule has 1 aromatic rings. The van der Waals surface area contributed by atoms with Crippen LogP contribution in [0.4, 0.5) is 23.7 Å². The van der Waals surface area contributed by atoms with Gasteiger partial charge in [-0.1, -0.05) is 0 Å². The van der Waals surface area contributed by atoms with Gasteiger partial charge in [0.15, 0.2) is 0 Å². The molecule has 112 valence electrons. The van der Waals surface area contributed by atoms with E-state index in [1.165, 1.54) is 12.1 Å². The largest absolute Gasteiger partial charge is 0.573 e. The Morgan fingerprint density at radius 3 is 2.45 bits per heavy atom. The molecule has 20 heavy (non-hydrogen) atoms. The van der Waals surface area contributed by atoms with Crippen LogP contribution in [0.2, 0.25) is 0 Å². The summed E-state index contributed by atoms with van der Waals surface area (Å²) < 4.78 is 39.6. The number of halogens is 3. The zero-order valence-corrected chi connectivity index (χ0v) is 10.8. The van der Waals surface area contributed by atoms with Crippen molar-refractivity contribution in [2.24, 2.45) is 5.73 Å². The molecule has 0 aliphatic carbocycles. The molecule has 1 rings (SSSR count). The highest BCUT2D eigenvalue weighted by molar-refractivity contribution is 5.89. The van der Waals surface area contributed by atoms with E-state index in [1.807, 2.05) is 0 Å². The van der Waals surface area contributed by atoms with Gasteiger partial charge in [0.25, 0.3) is 0 Å². The second kappa shape index (κ2) is 6.99. The van der Waals surface area contributed by atoms with Gasteiger partial charge in [-0.05, 0) is 44.2 Å². The SMILES string of the molecule is CC(CCN)NC(=O)Nc1ccc(OC(F)(F)F)cc1. The van der Waals surface area contributed by atoms with Gasteiger partial charge in [-0.3, -0.25) is 0 Å². The minimum absolute atomic E-state index is 0.0900. The molecule has 0 radical (unpaired) electrons. The van der Waals surface area contributed by atoms with Gasteiger partial charge < -0.3 is 21.1 Å². The normalized spacial score (nSPS) is 12.7. The lowest BCUT2D eigenvalue weighted by Gasteiger charge is -2.14. The van der Waals surface area contributed by atoms with Crippen LogP contribution in [0, 0.1) is 0 Å². The Balaban J connectivity index is 2.51. The molecule has 0 aliphatic heterocycles. The quantitative estimate of drug-likeness (QED) is 0.780. The first-order valence-electron chi connectivity index (χ1n) is 5.93. The van der Waals surface area contributed by atoms with Crippen molar-refractivity contribution in [2.75, 3.05) is 11.9 Å². The summed E-state index contributed by atoms with van der Waals surface area (Å²) in [6.45, 7) is 2.25. The second-order valence-electron chi connectivity index (χ2n) is 4.15. The van der Waals surface area contributed by atoms with E-state index in [9.17, 15) is 18.0 Å². The molecule has 1 unspecified atom stereocenters. The van der Waals surface area contributed by atoms with E-state index in [0.717, 1.165) is 12.1 Å². The molecule has 5 nitrogen and oxygen atoms in total. The number of benzene rings is 1. The molecule has 0 heterocycles. The van der Waals surface area contributed by atoms with E-state index in [2.05, 4.69) is 15.4 Å². The fourth-order valence-electron chi connectivity index (χ4n) is 1.45. The van der Waals surface area contributed by atoms with E-state index < -0.39 is 12.4 Å². The Morgan fingerprint density at radius 2 is 1.95 bits per heavy atom. The zero-order valence-electron chi connectivity index (χ0n) is 10.8. The molecule has 8 heteroatoms. The third-order valence-electron chi connectivity index (χ3n) is 2.32. The topological polar surface area (TPSA) is 76.4 Å². The third kappa shape index (κ3) is 6.28. The van der Waals surface area contributed by atoms with Crippen molar-refractivity contribution in [1.29, 1.82) is 0 Å². The van der Waals surface area contributed by atoms with Gasteiger partial charge >= 0.3 is 12.4 Å². The van der Waals surface area contributed by atoms with Crippen molar-refractivity contribution in [3.63, 3.8) is 0 Å². The molecule has 1 aromatic carbocycles. The molecule has 2 amide bonds. The second-order valence-corrected chi connectivity index (χ2v) is 4.15. The lowest BCUT2D eigenvalue weighted by molar-refractivity contribution is -0.274. The molecule has 0 saturated heterocycles. The van der Waals surface area contributed by atoms with Crippen molar-refractivity contribution >= 4 is 11.7 Å². The molecule has 1 atom stereocenters. The van der Waals surface area contributed by atoms with Crippen LogP contribution in [-0.2, 0) is 0 Å². The standard InChI is InChI=1S/C12H16F3N3O2/c1-8(6-7-16)17-11(19)18-9-2-4-10(5-3-9)20-12(13,14)15/h2-5,8H,6-7,16H2,1H3,(H2,17,18,19). The number of nitrogens with two attached hydrogens (primary N) is 1. The van der Waals surface area contributed by atoms with Crippen LogP contribution in [-0.4, -0.2) is 25.0 Å². The maximum Gasteiger partial charge on any atom is 0.573 e. The number of nitrogens with one attached hydrogen (secondary N) is 2. The number of urea groups is 1. The summed E-state index contributed by atoms with van der Waals surface area (Å²) in [7, 11) is 0. The van der Waals surface area contributed by atoms with Gasteiger partial charge in [0.1, 0.15) is 5.75 Å². The molecule has 0 spiro atoms. The molecule has 4 N–H and O–H groups in total. The van der Waals surface area contributed by atoms with Crippen LogP contribution in [0.5, 0.6) is 5.75 Å². The summed E-state index contributed by atoms with van der Waals surface area (Å²) in [5.41, 5.74) is 5.71. The van der Waals surface area contributed by atoms with E-state index in [-0.39, 0.29) is 11.8 Å². The van der Waals surface area contributed by atoms with Crippen molar-refractivity contribution in [3.8, 4) is 5.75 Å². The van der Waals surface area contributed by atoms with E-state index in [4.69, 9.17) is 5.73 Å². The van der Waals surface area contributed by atoms with Crippen LogP contribution in [0.25, 0.3) is 0 Å². The molecule has 0 aromatic heterocycles. The minimum Gasteiger partial charge on any atom is -0.406 e. The molecule has 0 saturated carbocycles. The van der Waals surface area contributed by atoms with Gasteiger partial charge in [-0.2, -0.15) is 0 Å². The first kappa shape index (κ1) is 16.1. The number of carbonyl (C=O) groups excluding carboxylic acids is 1. The minimum atomic E-state index is -4.73. The monoisotopic (exact) mass is 291 g/mol. The fourth-order valence-corrected chi connectivity index (χ4v) is 1.45. The Bertz CT molecular complexity index is 435. The lowest BCUT2D eigenvalue weighted by atomic mass is 10.2. The highest BCUT2D eigenvalue weighted by atomic mass is 19.4. The number of carbonyl (C=O) groups is 1. The van der Waals surface area contributed by atoms with Crippen molar-refractivity contribution in [2.45, 2.75) is 25.7 Å². The van der Waals surface area contributed by atoms with E-state index in [0.29, 0.717) is 18.7 Å². The number of hydrogen-bond acceptors (Lipinski definition) is 3. The smallest absolute Gasteiger partial charge is 0.406 e. The predicted molar refractivity (Wildman–Crippen MR) is 68.4 cm³/mol. The lowest BCUT2D eigenvalue weighted by Crippen LogP contribution is -2.37. The number of amides is 2. The van der Waals surface area contributed by atoms with Gasteiger partial charge in [0, 0.05) is 11.7 Å². The number of hydrogen-bond donors (Lipinski definition) is 3. The summed E-state index contributed by atoms with van der Waals surface area (Å²) in [6, 6.07) is 4.32. The average Bonchev–Trinajstić information content (AvgIpc) is 2.30. The van der Waals surface area contributed by atoms with Crippen molar-refractivity contribution < 1.29 is 22.7 Å². The Kier molecular flexibility index (Phi) is 5.63. The molecule has 0 fully saturated rings. The fraction of sp³-hybridized carbons (Fsp3) is 0.417. The van der Waals surface area contributed by atoms with Crippen LogP contribution in [0.15, 0.2) is 24.3 Å². The maximum atomic E-state index is 12.0. The first-order chi connectivity index (χ1) is 9.30. The predicted octanol–water partition coefficient (Wildman–Crippen LogP) is 2.44. The number of rotatable bonds is 5. The molecular formula is C12H16F3N3O2. The highest BCUT2D eigenvalue weighted by Crippen LogP contribution is 2.23. The summed E-state index contributed by atoms with van der Waals surface area (Å²) in [4.78, 5) is 11.5. The summed E-state index contributed by atoms with van der Waals surface area (Å²) in [6.07, 6.45) is -4.10. The van der Waals surface area contributed by atoms with Crippen LogP contribution < -0.4 is 21.1 Å². The Labute approximate surface area is 114 Å². The molecular weight excluding hydrogens is 275 g/mol. The molecule has 0 bridgehead atoms. The van der Waals surface area contributed by atoms with Crippen LogP contribution >= 0.6 is 0 Å². The number of alkyl halides is 3. The summed E-state index contributed by atoms with van der Waals surface area (Å²) in [5, 5.41) is 5.13. The number of anilines is 1. The van der Waals surface area contributed by atoms with Crippen molar-refractivity contribution in [1.82, 2.24) is 5.32 Å². The van der Waals surface area contributed by atoms with Gasteiger partial charge in [-0.15, -0.1) is 13.2 Å². The van der Waals surface area contributed by atoms with Crippen LogP contribution in [0.3, 0.4) is 0 Å². The van der Waals surface area contributed by atoms with Crippen molar-refractivity contribution in [3.05, 3.63) is 24.3 Å². The third-order valence-corrected chi connectivity index (χ3v) is 2.32. The van der Waals surface area contributed by atoms with E-state index in [1.54, 1.807) is 6.92 Å². The van der Waals surface area contributed by atoms with Gasteiger partial charge in [-0.25, -0.2) is 4.79 Å².